The molecule has 7 heteroatoms. The van der Waals surface area contributed by atoms with Crippen LogP contribution in [0.4, 0.5) is 0 Å². The summed E-state index contributed by atoms with van der Waals surface area (Å²) in [5.41, 5.74) is -0.583. The van der Waals surface area contributed by atoms with Gasteiger partial charge in [-0.1, -0.05) is 6.92 Å². The van der Waals surface area contributed by atoms with Gasteiger partial charge in [0.25, 0.3) is 0 Å². The van der Waals surface area contributed by atoms with Gasteiger partial charge in [0.2, 0.25) is 11.0 Å². The van der Waals surface area contributed by atoms with E-state index in [0.29, 0.717) is 0 Å². The minimum atomic E-state index is -0.583. The van der Waals surface area contributed by atoms with Crippen LogP contribution in [0.2, 0.25) is 0 Å². The molecule has 0 bridgehead atoms. The minimum absolute atomic E-state index is 0.00552. The lowest BCUT2D eigenvalue weighted by Gasteiger charge is -2.42. The summed E-state index contributed by atoms with van der Waals surface area (Å²) < 4.78 is 4.81. The van der Waals surface area contributed by atoms with Crippen LogP contribution in [0.5, 0.6) is 0 Å². The molecule has 3 atom stereocenters. The van der Waals surface area contributed by atoms with E-state index in [4.69, 9.17) is 4.74 Å². The molecule has 2 saturated heterocycles. The molecule has 1 amide bonds. The Morgan fingerprint density at radius 1 is 1.36 bits per heavy atom. The summed E-state index contributed by atoms with van der Waals surface area (Å²) in [6.07, 6.45) is 0. The lowest BCUT2D eigenvalue weighted by Crippen LogP contribution is -2.61. The van der Waals surface area contributed by atoms with E-state index in [1.807, 2.05) is 20.8 Å². The molecule has 0 radical (unpaired) electrons. The number of hydrogen-bond donors (Lipinski definition) is 0. The van der Waals surface area contributed by atoms with Crippen molar-refractivity contribution in [1.82, 2.24) is 4.90 Å². The number of nitrogens with zero attached hydrogens (tertiary/aromatic N) is 1. The van der Waals surface area contributed by atoms with Gasteiger partial charge in [0.05, 0.1) is 16.7 Å². The Morgan fingerprint density at radius 2 is 1.95 bits per heavy atom. The Balaban J connectivity index is 1.95. The fraction of sp³-hybridized carbons (Fsp3) is 0.800. The third-order valence-corrected chi connectivity index (χ3v) is 6.38. The number of carbonyl (C=O) groups is 3. The molecule has 2 rings (SSSR count). The Morgan fingerprint density at radius 3 is 2.50 bits per heavy atom. The molecular weight excluding hydrogens is 322 g/mol. The molecule has 2 heterocycles. The van der Waals surface area contributed by atoms with Crippen LogP contribution < -0.4 is 0 Å². The van der Waals surface area contributed by atoms with Crippen molar-refractivity contribution in [2.45, 2.75) is 57.7 Å². The van der Waals surface area contributed by atoms with Crippen molar-refractivity contribution in [2.24, 2.45) is 11.3 Å². The number of esters is 1. The zero-order chi connectivity index (χ0) is 16.9. The molecule has 124 valence electrons. The van der Waals surface area contributed by atoms with Gasteiger partial charge in [0, 0.05) is 4.75 Å². The Bertz CT molecular complexity index is 512. The Hall–Kier alpha value is -0.690. The zero-order valence-electron chi connectivity index (χ0n) is 13.8. The third-order valence-electron chi connectivity index (χ3n) is 3.93. The predicted molar refractivity (Wildman–Crippen MR) is 88.3 cm³/mol. The first kappa shape index (κ1) is 17.7. The topological polar surface area (TPSA) is 63.7 Å². The van der Waals surface area contributed by atoms with Crippen LogP contribution in [-0.2, 0) is 19.1 Å². The highest BCUT2D eigenvalue weighted by Gasteiger charge is 2.61. The van der Waals surface area contributed by atoms with Crippen molar-refractivity contribution < 1.29 is 19.1 Å². The number of carbonyl (C=O) groups excluding carboxylic acids is 3. The number of β-lactam (4-membered cyclic amide) rings is 1. The van der Waals surface area contributed by atoms with E-state index >= 15 is 0 Å². The van der Waals surface area contributed by atoms with Crippen molar-refractivity contribution >= 4 is 40.5 Å². The second-order valence-corrected chi connectivity index (χ2v) is 10.0. The third kappa shape index (κ3) is 3.02. The molecule has 2 aliphatic rings. The van der Waals surface area contributed by atoms with Crippen molar-refractivity contribution in [3.63, 3.8) is 0 Å². The van der Waals surface area contributed by atoms with Crippen LogP contribution in [0.15, 0.2) is 0 Å². The molecule has 0 aromatic heterocycles. The number of amides is 1. The normalized spacial score (nSPS) is 29.8. The molecule has 22 heavy (non-hydrogen) atoms. The van der Waals surface area contributed by atoms with Crippen LogP contribution in [0.25, 0.3) is 0 Å². The first-order chi connectivity index (χ1) is 9.97. The smallest absolute Gasteiger partial charge is 0.312 e. The SMILES string of the molecule is C[C@@H]1C(=O)N2[C@@H]1SC(C)(C)[C@@H]2C(=O)SCOC(=O)C(C)(C)C. The van der Waals surface area contributed by atoms with Crippen molar-refractivity contribution in [1.29, 1.82) is 0 Å². The van der Waals surface area contributed by atoms with Gasteiger partial charge in [-0.15, -0.1) is 11.8 Å². The summed E-state index contributed by atoms with van der Waals surface area (Å²) in [5.74, 6) is -0.326. The van der Waals surface area contributed by atoms with E-state index in [1.54, 1.807) is 37.4 Å². The van der Waals surface area contributed by atoms with Crippen LogP contribution >= 0.6 is 23.5 Å². The van der Waals surface area contributed by atoms with Crippen LogP contribution in [0.1, 0.15) is 41.5 Å². The maximum Gasteiger partial charge on any atom is 0.312 e. The second kappa shape index (κ2) is 5.74. The maximum atomic E-state index is 12.5. The van der Waals surface area contributed by atoms with Gasteiger partial charge in [-0.05, 0) is 46.4 Å². The van der Waals surface area contributed by atoms with Gasteiger partial charge >= 0.3 is 5.97 Å². The van der Waals surface area contributed by atoms with E-state index in [9.17, 15) is 14.4 Å². The first-order valence-electron chi connectivity index (χ1n) is 7.30. The monoisotopic (exact) mass is 345 g/mol. The number of hydrogen-bond acceptors (Lipinski definition) is 6. The highest BCUT2D eigenvalue weighted by molar-refractivity contribution is 8.13. The van der Waals surface area contributed by atoms with Crippen molar-refractivity contribution in [3.05, 3.63) is 0 Å². The molecule has 2 fully saturated rings. The fourth-order valence-electron chi connectivity index (χ4n) is 2.62. The molecule has 5 nitrogen and oxygen atoms in total. The van der Waals surface area contributed by atoms with E-state index in [1.165, 1.54) is 0 Å². The fourth-order valence-corrected chi connectivity index (χ4v) is 5.17. The lowest BCUT2D eigenvalue weighted by molar-refractivity contribution is -0.154. The standard InChI is InChI=1S/C15H23NO4S2/c1-8-10(17)16-9(15(5,6)22-11(8)16)12(18)21-7-20-13(19)14(2,3)4/h8-9,11H,7H2,1-6H3/t8-,9+,11-/m1/s1. The number of ether oxygens (including phenoxy) is 1. The Labute approximate surface area is 139 Å². The Kier molecular flexibility index (Phi) is 4.61. The molecule has 0 saturated carbocycles. The summed E-state index contributed by atoms with van der Waals surface area (Å²) in [6.45, 7) is 11.2. The predicted octanol–water partition coefficient (Wildman–Crippen LogP) is 2.49. The van der Waals surface area contributed by atoms with Gasteiger partial charge in [-0.3, -0.25) is 14.4 Å². The summed E-state index contributed by atoms with van der Waals surface area (Å²) in [6, 6.07) is -0.454. The molecule has 0 N–H and O–H groups in total. The molecule has 0 spiro atoms. The quantitative estimate of drug-likeness (QED) is 0.445. The molecule has 0 aromatic carbocycles. The van der Waals surface area contributed by atoms with Crippen LogP contribution in [-0.4, -0.2) is 44.0 Å². The first-order valence-corrected chi connectivity index (χ1v) is 9.17. The van der Waals surface area contributed by atoms with E-state index < -0.39 is 11.5 Å². The number of fused-ring (bicyclic) bond motifs is 1. The van der Waals surface area contributed by atoms with Crippen molar-refractivity contribution in [3.8, 4) is 0 Å². The van der Waals surface area contributed by atoms with E-state index in [-0.39, 0.29) is 39.0 Å². The maximum absolute atomic E-state index is 12.5. The average molecular weight is 345 g/mol. The van der Waals surface area contributed by atoms with Gasteiger partial charge in [0.15, 0.2) is 0 Å². The number of thioether (sulfide) groups is 2. The summed E-state index contributed by atoms with van der Waals surface area (Å²) >= 11 is 2.65. The largest absolute Gasteiger partial charge is 0.454 e. The van der Waals surface area contributed by atoms with E-state index in [0.717, 1.165) is 11.8 Å². The second-order valence-electron chi connectivity index (χ2n) is 7.31. The van der Waals surface area contributed by atoms with Crippen LogP contribution in [0.3, 0.4) is 0 Å². The molecule has 2 aliphatic heterocycles. The molecule has 0 aliphatic carbocycles. The minimum Gasteiger partial charge on any atom is -0.454 e. The van der Waals surface area contributed by atoms with Gasteiger partial charge < -0.3 is 9.64 Å². The highest BCUT2D eigenvalue weighted by atomic mass is 32.2. The van der Waals surface area contributed by atoms with E-state index in [2.05, 4.69) is 0 Å². The number of rotatable bonds is 3. The summed E-state index contributed by atoms with van der Waals surface area (Å²) in [5, 5.41) is -0.0175. The van der Waals surface area contributed by atoms with Crippen molar-refractivity contribution in [2.75, 3.05) is 5.94 Å². The molecule has 0 unspecified atom stereocenters. The molecular formula is C15H23NO4S2. The molecule has 0 aromatic rings. The lowest BCUT2D eigenvalue weighted by atomic mass is 9.94. The average Bonchev–Trinajstić information content (AvgIpc) is 2.65. The highest BCUT2D eigenvalue weighted by Crippen LogP contribution is 2.53. The van der Waals surface area contributed by atoms with Gasteiger partial charge in [0.1, 0.15) is 12.0 Å². The summed E-state index contributed by atoms with van der Waals surface area (Å²) in [4.78, 5) is 37.9. The van der Waals surface area contributed by atoms with Gasteiger partial charge in [-0.25, -0.2) is 0 Å². The zero-order valence-corrected chi connectivity index (χ0v) is 15.5. The summed E-state index contributed by atoms with van der Waals surface area (Å²) in [7, 11) is 0. The van der Waals surface area contributed by atoms with Gasteiger partial charge in [-0.2, -0.15) is 0 Å². The van der Waals surface area contributed by atoms with Crippen LogP contribution in [0, 0.1) is 11.3 Å².